The van der Waals surface area contributed by atoms with Gasteiger partial charge in [-0.3, -0.25) is 25.0 Å². The molecule has 2 fully saturated rings. The molecule has 0 bridgehead atoms. The first kappa shape index (κ1) is 27.7. The van der Waals surface area contributed by atoms with Crippen LogP contribution in [-0.4, -0.2) is 63.7 Å². The number of ether oxygens (including phenoxy) is 2. The summed E-state index contributed by atoms with van der Waals surface area (Å²) in [6.45, 7) is 1.60. The highest BCUT2D eigenvalue weighted by Gasteiger charge is 2.61. The lowest BCUT2D eigenvalue weighted by atomic mass is 9.96. The number of non-ortho nitro benzene ring substituents is 2. The van der Waals surface area contributed by atoms with Crippen LogP contribution in [0.3, 0.4) is 0 Å². The molecule has 2 aliphatic rings. The molecule has 0 spiro atoms. The highest BCUT2D eigenvalue weighted by atomic mass is 32.2. The van der Waals surface area contributed by atoms with Crippen LogP contribution in [0.4, 0.5) is 11.4 Å². The lowest BCUT2D eigenvalue weighted by Gasteiger charge is -2.37. The van der Waals surface area contributed by atoms with Gasteiger partial charge in [-0.25, -0.2) is 9.59 Å². The number of nitro benzene ring substituents is 2. The molecule has 212 valence electrons. The molecule has 0 radical (unpaired) electrons. The molecule has 5 rings (SSSR count). The molecule has 3 aromatic rings. The molecule has 2 aromatic carbocycles. The second kappa shape index (κ2) is 11.0. The zero-order valence-corrected chi connectivity index (χ0v) is 22.3. The SMILES string of the molecule is C[C@@]1(Cn2ncc(C(=O)OCc3ccc([N+](=O)[O-])cc3)n2)S[C@H]2CC(=O)N2[C@H]1C(=O)OCc1ccc([N+](=O)[O-])cc1. The van der Waals surface area contributed by atoms with Crippen molar-refractivity contribution in [1.29, 1.82) is 0 Å². The predicted octanol–water partition coefficient (Wildman–Crippen LogP) is 2.63. The van der Waals surface area contributed by atoms with E-state index in [4.69, 9.17) is 9.47 Å². The van der Waals surface area contributed by atoms with E-state index in [2.05, 4.69) is 10.2 Å². The van der Waals surface area contributed by atoms with Crippen LogP contribution >= 0.6 is 11.8 Å². The molecule has 0 saturated carbocycles. The van der Waals surface area contributed by atoms with E-state index in [1.807, 2.05) is 0 Å². The summed E-state index contributed by atoms with van der Waals surface area (Å²) in [6.07, 6.45) is 1.50. The molecule has 1 aromatic heterocycles. The van der Waals surface area contributed by atoms with Crippen molar-refractivity contribution in [1.82, 2.24) is 19.9 Å². The largest absolute Gasteiger partial charge is 0.459 e. The number of carbonyl (C=O) groups is 3. The fourth-order valence-electron chi connectivity index (χ4n) is 4.60. The van der Waals surface area contributed by atoms with Gasteiger partial charge in [0, 0.05) is 24.3 Å². The fraction of sp³-hybridized carbons (Fsp3) is 0.320. The molecule has 16 heteroatoms. The van der Waals surface area contributed by atoms with Crippen molar-refractivity contribution in [2.45, 2.75) is 49.3 Å². The van der Waals surface area contributed by atoms with Gasteiger partial charge in [-0.1, -0.05) is 0 Å². The van der Waals surface area contributed by atoms with Gasteiger partial charge in [0.15, 0.2) is 5.69 Å². The zero-order chi connectivity index (χ0) is 29.3. The topological polar surface area (TPSA) is 190 Å². The number of carbonyl (C=O) groups excluding carboxylic acids is 3. The van der Waals surface area contributed by atoms with E-state index in [0.29, 0.717) is 11.1 Å². The number of amides is 1. The molecule has 2 aliphatic heterocycles. The predicted molar refractivity (Wildman–Crippen MR) is 140 cm³/mol. The van der Waals surface area contributed by atoms with Crippen LogP contribution in [0.5, 0.6) is 0 Å². The minimum Gasteiger partial charge on any atom is -0.459 e. The van der Waals surface area contributed by atoms with Gasteiger partial charge in [-0.15, -0.1) is 16.9 Å². The van der Waals surface area contributed by atoms with Crippen molar-refractivity contribution in [2.75, 3.05) is 0 Å². The number of nitrogens with zero attached hydrogens (tertiary/aromatic N) is 6. The number of thioether (sulfide) groups is 1. The Morgan fingerprint density at radius 3 is 2.10 bits per heavy atom. The van der Waals surface area contributed by atoms with E-state index >= 15 is 0 Å². The number of benzene rings is 2. The van der Waals surface area contributed by atoms with Crippen molar-refractivity contribution in [3.05, 3.63) is 91.8 Å². The molecule has 3 atom stereocenters. The maximum absolute atomic E-state index is 13.2. The van der Waals surface area contributed by atoms with Gasteiger partial charge >= 0.3 is 11.9 Å². The van der Waals surface area contributed by atoms with Crippen LogP contribution in [0.2, 0.25) is 0 Å². The number of hydrogen-bond acceptors (Lipinski definition) is 12. The summed E-state index contributed by atoms with van der Waals surface area (Å²) < 4.78 is 9.86. The van der Waals surface area contributed by atoms with E-state index in [9.17, 15) is 34.6 Å². The summed E-state index contributed by atoms with van der Waals surface area (Å²) in [5.41, 5.74) is 0.857. The maximum Gasteiger partial charge on any atom is 0.360 e. The summed E-state index contributed by atoms with van der Waals surface area (Å²) in [4.78, 5) is 61.4. The maximum atomic E-state index is 13.2. The number of aromatic nitrogens is 3. The molecular weight excluding hydrogens is 560 g/mol. The average Bonchev–Trinajstić information content (AvgIpc) is 3.50. The van der Waals surface area contributed by atoms with Crippen molar-refractivity contribution >= 4 is 41.0 Å². The first-order valence-electron chi connectivity index (χ1n) is 12.2. The molecule has 2 saturated heterocycles. The smallest absolute Gasteiger partial charge is 0.360 e. The number of rotatable bonds is 10. The van der Waals surface area contributed by atoms with E-state index in [1.165, 1.54) is 76.2 Å². The van der Waals surface area contributed by atoms with Crippen molar-refractivity contribution in [3.63, 3.8) is 0 Å². The minimum atomic E-state index is -0.944. The van der Waals surface area contributed by atoms with Crippen LogP contribution in [0, 0.1) is 20.2 Å². The molecule has 1 amide bonds. The summed E-state index contributed by atoms with van der Waals surface area (Å²) in [7, 11) is 0. The third kappa shape index (κ3) is 5.72. The van der Waals surface area contributed by atoms with Crippen molar-refractivity contribution in [3.8, 4) is 0 Å². The summed E-state index contributed by atoms with van der Waals surface area (Å²) in [5, 5.41) is 29.7. The van der Waals surface area contributed by atoms with Crippen molar-refractivity contribution in [2.24, 2.45) is 0 Å². The van der Waals surface area contributed by atoms with Gasteiger partial charge in [-0.05, 0) is 42.3 Å². The standard InChI is InChI=1S/C25H22N6O9S/c1-25(14-28-26-11-19(27-28)23(33)39-12-15-2-6-17(7-3-15)30(35)36)22(29-20(32)10-21(29)41-25)24(34)40-13-16-4-8-18(9-5-16)31(37)38/h2-9,11,21-22H,10,12-14H2,1H3/t21-,22-,25-/m0/s1. The van der Waals surface area contributed by atoms with Crippen LogP contribution in [0.25, 0.3) is 0 Å². The summed E-state index contributed by atoms with van der Waals surface area (Å²) in [5.74, 6) is -1.58. The summed E-state index contributed by atoms with van der Waals surface area (Å²) >= 11 is 1.42. The Balaban J connectivity index is 1.23. The Kier molecular flexibility index (Phi) is 7.40. The third-order valence-corrected chi connectivity index (χ3v) is 8.24. The van der Waals surface area contributed by atoms with Gasteiger partial charge in [0.25, 0.3) is 11.4 Å². The number of nitro groups is 2. The van der Waals surface area contributed by atoms with E-state index in [1.54, 1.807) is 6.92 Å². The molecular formula is C25H22N6O9S. The third-order valence-electron chi connectivity index (χ3n) is 6.68. The van der Waals surface area contributed by atoms with Gasteiger partial charge in [-0.2, -0.15) is 9.90 Å². The Bertz CT molecular complexity index is 1530. The van der Waals surface area contributed by atoms with Crippen LogP contribution in [-0.2, 0) is 38.8 Å². The van der Waals surface area contributed by atoms with Gasteiger partial charge in [0.1, 0.15) is 19.3 Å². The van der Waals surface area contributed by atoms with Crippen LogP contribution in [0.1, 0.15) is 35.0 Å². The Morgan fingerprint density at radius 2 is 1.56 bits per heavy atom. The second-order valence-corrected chi connectivity index (χ2v) is 11.3. The van der Waals surface area contributed by atoms with Gasteiger partial charge in [0.2, 0.25) is 5.91 Å². The monoisotopic (exact) mass is 582 g/mol. The fourth-order valence-corrected chi connectivity index (χ4v) is 6.33. The number of fused-ring (bicyclic) bond motifs is 1. The first-order chi connectivity index (χ1) is 19.5. The molecule has 0 aliphatic carbocycles. The van der Waals surface area contributed by atoms with Crippen LogP contribution < -0.4 is 0 Å². The van der Waals surface area contributed by atoms with E-state index < -0.39 is 32.6 Å². The molecule has 15 nitrogen and oxygen atoms in total. The number of hydrogen-bond donors (Lipinski definition) is 0. The minimum absolute atomic E-state index is 0.0739. The molecule has 0 unspecified atom stereocenters. The number of β-lactam (4-membered cyclic amide) rings is 1. The van der Waals surface area contributed by atoms with Crippen LogP contribution in [0.15, 0.2) is 54.7 Å². The van der Waals surface area contributed by atoms with E-state index in [0.717, 1.165) is 0 Å². The molecule has 0 N–H and O–H groups in total. The molecule has 3 heterocycles. The van der Waals surface area contributed by atoms with Crippen molar-refractivity contribution < 1.29 is 33.7 Å². The number of esters is 2. The lowest BCUT2D eigenvalue weighted by molar-refractivity contribution is -0.385. The Hall–Kier alpha value is -4.86. The Morgan fingerprint density at radius 1 is 1.00 bits per heavy atom. The average molecular weight is 583 g/mol. The van der Waals surface area contributed by atoms with Gasteiger partial charge < -0.3 is 14.4 Å². The Labute approximate surface area is 235 Å². The molecule has 41 heavy (non-hydrogen) atoms. The first-order valence-corrected chi connectivity index (χ1v) is 13.1. The highest BCUT2D eigenvalue weighted by Crippen LogP contribution is 2.51. The summed E-state index contributed by atoms with van der Waals surface area (Å²) in [6, 6.07) is 10.2. The normalized spacial score (nSPS) is 21.1. The van der Waals surface area contributed by atoms with E-state index in [-0.39, 0.29) is 54.5 Å². The second-order valence-electron chi connectivity index (χ2n) is 9.58. The van der Waals surface area contributed by atoms with Gasteiger partial charge in [0.05, 0.1) is 39.1 Å². The quantitative estimate of drug-likeness (QED) is 0.147. The zero-order valence-electron chi connectivity index (χ0n) is 21.4. The highest BCUT2D eigenvalue weighted by molar-refractivity contribution is 8.01. The lowest BCUT2D eigenvalue weighted by Crippen LogP contribution is -2.58.